The maximum Gasteiger partial charge on any atom is 0.123 e. The lowest BCUT2D eigenvalue weighted by molar-refractivity contribution is 0.0553. The monoisotopic (exact) mass is 275 g/mol. The minimum atomic E-state index is -0.651. The summed E-state index contributed by atoms with van der Waals surface area (Å²) in [5.41, 5.74) is 1.58. The molecule has 0 saturated heterocycles. The molecule has 0 fully saturated rings. The highest BCUT2D eigenvalue weighted by molar-refractivity contribution is 5.75. The molecule has 0 spiro atoms. The van der Waals surface area contributed by atoms with Crippen molar-refractivity contribution in [1.29, 1.82) is 0 Å². The number of aliphatic hydroxyl groups is 1. The van der Waals surface area contributed by atoms with Crippen LogP contribution >= 0.6 is 0 Å². The lowest BCUT2D eigenvalue weighted by Gasteiger charge is -2.21. The van der Waals surface area contributed by atoms with Gasteiger partial charge in [0.05, 0.1) is 23.2 Å². The molecule has 2 aromatic rings. The first-order valence-corrected chi connectivity index (χ1v) is 7.44. The largest absolute Gasteiger partial charge is 0.389 e. The van der Waals surface area contributed by atoms with E-state index in [1.165, 1.54) is 5.52 Å². The van der Waals surface area contributed by atoms with E-state index in [1.54, 1.807) is 0 Å². The number of imidazole rings is 1. The van der Waals surface area contributed by atoms with Crippen molar-refractivity contribution in [1.82, 2.24) is 14.9 Å². The van der Waals surface area contributed by atoms with E-state index in [0.717, 1.165) is 30.7 Å². The fourth-order valence-corrected chi connectivity index (χ4v) is 2.30. The second-order valence-electron chi connectivity index (χ2n) is 5.62. The third kappa shape index (κ3) is 3.38. The summed E-state index contributed by atoms with van der Waals surface area (Å²) in [5, 5.41) is 13.3. The van der Waals surface area contributed by atoms with Gasteiger partial charge in [-0.15, -0.1) is 0 Å². The summed E-state index contributed by atoms with van der Waals surface area (Å²) >= 11 is 0. The molecule has 1 aromatic carbocycles. The number of hydrogen-bond donors (Lipinski definition) is 2. The zero-order valence-corrected chi connectivity index (χ0v) is 12.7. The first-order valence-electron chi connectivity index (χ1n) is 7.44. The van der Waals surface area contributed by atoms with Gasteiger partial charge in [-0.25, -0.2) is 4.98 Å². The molecule has 0 aliphatic rings. The molecule has 2 N–H and O–H groups in total. The number of nitrogens with one attached hydrogen (secondary N) is 1. The van der Waals surface area contributed by atoms with Crippen LogP contribution in [0.15, 0.2) is 24.3 Å². The van der Waals surface area contributed by atoms with Crippen LogP contribution < -0.4 is 5.32 Å². The van der Waals surface area contributed by atoms with Crippen LogP contribution in [0.4, 0.5) is 0 Å². The number of para-hydroxylation sites is 2. The van der Waals surface area contributed by atoms with E-state index in [4.69, 9.17) is 4.98 Å². The molecule has 1 aromatic heterocycles. The van der Waals surface area contributed by atoms with E-state index in [0.29, 0.717) is 13.1 Å². The van der Waals surface area contributed by atoms with Crippen molar-refractivity contribution >= 4 is 11.0 Å². The van der Waals surface area contributed by atoms with E-state index in [2.05, 4.69) is 28.9 Å². The highest BCUT2D eigenvalue weighted by Crippen LogP contribution is 2.16. The SMILES string of the molecule is CCCn1c(CNCC(C)(O)CC)nc2ccccc21. The smallest absolute Gasteiger partial charge is 0.123 e. The molecule has 4 heteroatoms. The second kappa shape index (κ2) is 6.37. The Morgan fingerprint density at radius 2 is 2.05 bits per heavy atom. The van der Waals surface area contributed by atoms with Gasteiger partial charge in [-0.05, 0) is 31.9 Å². The van der Waals surface area contributed by atoms with E-state index >= 15 is 0 Å². The predicted molar refractivity (Wildman–Crippen MR) is 82.6 cm³/mol. The Kier molecular flexibility index (Phi) is 4.78. The van der Waals surface area contributed by atoms with E-state index in [-0.39, 0.29) is 0 Å². The Labute approximate surface area is 120 Å². The molecular weight excluding hydrogens is 250 g/mol. The number of aryl methyl sites for hydroxylation is 1. The molecule has 0 amide bonds. The summed E-state index contributed by atoms with van der Waals surface area (Å²) in [4.78, 5) is 4.70. The van der Waals surface area contributed by atoms with Gasteiger partial charge in [-0.1, -0.05) is 26.0 Å². The zero-order chi connectivity index (χ0) is 14.6. The zero-order valence-electron chi connectivity index (χ0n) is 12.7. The van der Waals surface area contributed by atoms with Crippen LogP contribution in [-0.2, 0) is 13.1 Å². The third-order valence-corrected chi connectivity index (χ3v) is 3.73. The molecule has 1 heterocycles. The van der Waals surface area contributed by atoms with Crippen LogP contribution in [0.2, 0.25) is 0 Å². The Balaban J connectivity index is 2.14. The standard InChI is InChI=1S/C16H25N3O/c1-4-10-19-14-9-7-6-8-13(14)18-15(19)11-17-12-16(3,20)5-2/h6-9,17,20H,4-5,10-12H2,1-3H3. The van der Waals surface area contributed by atoms with Crippen molar-refractivity contribution in [3.8, 4) is 0 Å². The fourth-order valence-electron chi connectivity index (χ4n) is 2.30. The Morgan fingerprint density at radius 1 is 1.30 bits per heavy atom. The van der Waals surface area contributed by atoms with E-state index < -0.39 is 5.60 Å². The van der Waals surface area contributed by atoms with Crippen LogP contribution in [0.5, 0.6) is 0 Å². The number of benzene rings is 1. The van der Waals surface area contributed by atoms with Crippen molar-refractivity contribution in [2.45, 2.75) is 52.3 Å². The van der Waals surface area contributed by atoms with Gasteiger partial charge in [-0.2, -0.15) is 0 Å². The van der Waals surface area contributed by atoms with Gasteiger partial charge in [0, 0.05) is 13.1 Å². The van der Waals surface area contributed by atoms with E-state index in [1.807, 2.05) is 26.0 Å². The van der Waals surface area contributed by atoms with Crippen LogP contribution in [0, 0.1) is 0 Å². The number of nitrogens with zero attached hydrogens (tertiary/aromatic N) is 2. The molecule has 1 atom stereocenters. The average Bonchev–Trinajstić information content (AvgIpc) is 2.78. The summed E-state index contributed by atoms with van der Waals surface area (Å²) in [6.45, 7) is 8.27. The molecule has 0 aliphatic carbocycles. The molecule has 0 bridgehead atoms. The maximum atomic E-state index is 10.0. The van der Waals surface area contributed by atoms with Crippen LogP contribution in [-0.4, -0.2) is 26.8 Å². The van der Waals surface area contributed by atoms with Gasteiger partial charge in [0.2, 0.25) is 0 Å². The number of rotatable bonds is 7. The molecule has 110 valence electrons. The topological polar surface area (TPSA) is 50.1 Å². The molecular formula is C16H25N3O. The van der Waals surface area contributed by atoms with Crippen molar-refractivity contribution in [3.05, 3.63) is 30.1 Å². The lowest BCUT2D eigenvalue weighted by Crippen LogP contribution is -2.37. The second-order valence-corrected chi connectivity index (χ2v) is 5.62. The quantitative estimate of drug-likeness (QED) is 0.817. The number of hydrogen-bond acceptors (Lipinski definition) is 3. The average molecular weight is 275 g/mol. The predicted octanol–water partition coefficient (Wildman–Crippen LogP) is 2.70. The summed E-state index contributed by atoms with van der Waals surface area (Å²) in [6.07, 6.45) is 1.82. The summed E-state index contributed by atoms with van der Waals surface area (Å²) in [7, 11) is 0. The van der Waals surface area contributed by atoms with Gasteiger partial charge in [0.15, 0.2) is 0 Å². The highest BCUT2D eigenvalue weighted by atomic mass is 16.3. The normalized spacial score (nSPS) is 14.6. The van der Waals surface area contributed by atoms with Crippen LogP contribution in [0.3, 0.4) is 0 Å². The van der Waals surface area contributed by atoms with Crippen LogP contribution in [0.1, 0.15) is 39.4 Å². The van der Waals surface area contributed by atoms with Gasteiger partial charge >= 0.3 is 0 Å². The summed E-state index contributed by atoms with van der Waals surface area (Å²) < 4.78 is 2.27. The third-order valence-electron chi connectivity index (χ3n) is 3.73. The molecule has 0 radical (unpaired) electrons. The van der Waals surface area contributed by atoms with Gasteiger partial charge in [-0.3, -0.25) is 0 Å². The maximum absolute atomic E-state index is 10.0. The minimum absolute atomic E-state index is 0.582. The molecule has 1 unspecified atom stereocenters. The van der Waals surface area contributed by atoms with Crippen LogP contribution in [0.25, 0.3) is 11.0 Å². The first kappa shape index (κ1) is 15.0. The Hall–Kier alpha value is -1.39. The number of fused-ring (bicyclic) bond motifs is 1. The molecule has 0 aliphatic heterocycles. The van der Waals surface area contributed by atoms with Gasteiger partial charge in [0.25, 0.3) is 0 Å². The Bertz CT molecular complexity index is 560. The molecule has 2 rings (SSSR count). The summed E-state index contributed by atoms with van der Waals surface area (Å²) in [5.74, 6) is 1.04. The molecule has 20 heavy (non-hydrogen) atoms. The highest BCUT2D eigenvalue weighted by Gasteiger charge is 2.17. The van der Waals surface area contributed by atoms with Gasteiger partial charge < -0.3 is 15.0 Å². The molecule has 0 saturated carbocycles. The van der Waals surface area contributed by atoms with Crippen molar-refractivity contribution in [2.75, 3.05) is 6.54 Å². The Morgan fingerprint density at radius 3 is 2.75 bits per heavy atom. The first-order chi connectivity index (χ1) is 9.57. The van der Waals surface area contributed by atoms with Crippen molar-refractivity contribution in [3.63, 3.8) is 0 Å². The fraction of sp³-hybridized carbons (Fsp3) is 0.562. The van der Waals surface area contributed by atoms with E-state index in [9.17, 15) is 5.11 Å². The van der Waals surface area contributed by atoms with Crippen molar-refractivity contribution in [2.24, 2.45) is 0 Å². The van der Waals surface area contributed by atoms with Crippen molar-refractivity contribution < 1.29 is 5.11 Å². The van der Waals surface area contributed by atoms with Gasteiger partial charge in [0.1, 0.15) is 5.82 Å². The number of aromatic nitrogens is 2. The lowest BCUT2D eigenvalue weighted by atomic mass is 10.0. The summed E-state index contributed by atoms with van der Waals surface area (Å²) in [6, 6.07) is 8.23. The molecule has 4 nitrogen and oxygen atoms in total. The minimum Gasteiger partial charge on any atom is -0.389 e.